The van der Waals surface area contributed by atoms with E-state index in [1.165, 1.54) is 0 Å². The van der Waals surface area contributed by atoms with Crippen LogP contribution < -0.4 is 124 Å². The zero-order valence-electron chi connectivity index (χ0n) is 19.3. The van der Waals surface area contributed by atoms with Crippen molar-refractivity contribution in [1.29, 1.82) is 0 Å². The van der Waals surface area contributed by atoms with Crippen molar-refractivity contribution < 1.29 is 158 Å². The number of hydrogen-bond donors (Lipinski definition) is 3. The summed E-state index contributed by atoms with van der Waals surface area (Å²) < 4.78 is 4.49. The maximum absolute atomic E-state index is 11.2. The predicted molar refractivity (Wildman–Crippen MR) is 72.8 cm³/mol. The number of carboxylic acid groups (broad SMARTS) is 2. The fourth-order valence-corrected chi connectivity index (χ4v) is 1.32. The predicted octanol–water partition coefficient (Wildman–Crippen LogP) is -10.0. The largest absolute Gasteiger partial charge is 1.00 e. The number of hydrogen-bond acceptors (Lipinski definition) is 6. The van der Waals surface area contributed by atoms with Crippen LogP contribution in [0, 0.1) is 0 Å². The quantitative estimate of drug-likeness (QED) is 0.145. The molecule has 0 aliphatic heterocycles. The van der Waals surface area contributed by atoms with Gasteiger partial charge in [-0.2, -0.15) is 0 Å². The molecule has 0 aromatic rings. The summed E-state index contributed by atoms with van der Waals surface area (Å²) in [5.74, 6) is -3.20. The molecule has 0 rings (SSSR count). The molecule has 0 amide bonds. The monoisotopic (exact) mass is 387 g/mol. The van der Waals surface area contributed by atoms with Crippen LogP contribution in [-0.4, -0.2) is 34.1 Å². The average molecular weight is 387 g/mol. The van der Waals surface area contributed by atoms with E-state index in [2.05, 4.69) is 4.74 Å². The first-order chi connectivity index (χ1) is 8.91. The first kappa shape index (κ1) is 40.7. The molecule has 0 bridgehead atoms. The Morgan fingerprint density at radius 1 is 0.625 bits per heavy atom. The van der Waals surface area contributed by atoms with Crippen LogP contribution in [0.2, 0.25) is 0 Å². The van der Waals surface area contributed by atoms with Crippen molar-refractivity contribution >= 4 is 23.9 Å². The fraction of sp³-hybridized carbons (Fsp3) is 0.667. The van der Waals surface area contributed by atoms with Gasteiger partial charge >= 0.3 is 142 Å². The molecule has 12 heteroatoms. The summed E-state index contributed by atoms with van der Waals surface area (Å²) >= 11 is 0. The van der Waals surface area contributed by atoms with E-state index in [4.69, 9.17) is 10.2 Å². The third kappa shape index (κ3) is 31.8. The van der Waals surface area contributed by atoms with Gasteiger partial charge in [-0.1, -0.05) is 0 Å². The molecule has 24 heavy (non-hydrogen) atoms. The van der Waals surface area contributed by atoms with Gasteiger partial charge in [0.2, 0.25) is 0 Å². The number of rotatable bonds is 10. The number of carboxylic acids is 2. The first-order valence-electron chi connectivity index (χ1n) is 6.09. The van der Waals surface area contributed by atoms with Gasteiger partial charge in [-0.25, -0.2) is 0 Å². The Bertz CT molecular complexity index is 341. The van der Waals surface area contributed by atoms with E-state index >= 15 is 0 Å². The van der Waals surface area contributed by atoms with Crippen molar-refractivity contribution in [2.45, 2.75) is 51.4 Å². The second-order valence-electron chi connectivity index (χ2n) is 4.05. The van der Waals surface area contributed by atoms with Gasteiger partial charge in [0.1, 0.15) is 0 Å². The van der Waals surface area contributed by atoms with E-state index in [1.807, 2.05) is 0 Å². The van der Waals surface area contributed by atoms with Crippen molar-refractivity contribution in [3.63, 3.8) is 0 Å². The molecule has 0 aromatic heterocycles. The van der Waals surface area contributed by atoms with Crippen molar-refractivity contribution in [1.82, 2.24) is 6.15 Å². The van der Waals surface area contributed by atoms with E-state index in [0.29, 0.717) is 25.7 Å². The summed E-state index contributed by atoms with van der Waals surface area (Å²) in [6.45, 7) is 0. The molecular weight excluding hydrogens is 362 g/mol. The summed E-state index contributed by atoms with van der Waals surface area (Å²) in [5.41, 5.74) is 0. The summed E-state index contributed by atoms with van der Waals surface area (Å²) in [5, 5.41) is 16.7. The maximum atomic E-state index is 11.2. The molecule has 0 aliphatic rings. The van der Waals surface area contributed by atoms with Gasteiger partial charge in [0.25, 0.3) is 0 Å². The molecule has 0 aliphatic carbocycles. The van der Waals surface area contributed by atoms with Gasteiger partial charge < -0.3 is 26.8 Å². The van der Waals surface area contributed by atoms with Crippen molar-refractivity contribution in [2.24, 2.45) is 0 Å². The Hall–Kier alpha value is 2.04. The van der Waals surface area contributed by atoms with Crippen molar-refractivity contribution in [3.05, 3.63) is 0 Å². The number of carbonyl (C=O) groups excluding carboxylic acids is 2. The van der Waals surface area contributed by atoms with Crippen LogP contribution in [0.5, 0.6) is 0 Å². The Morgan fingerprint density at radius 2 is 0.875 bits per heavy atom. The number of carbonyl (C=O) groups is 4. The van der Waals surface area contributed by atoms with Gasteiger partial charge in [0, 0.05) is 25.7 Å². The van der Waals surface area contributed by atoms with E-state index in [9.17, 15) is 19.2 Å². The van der Waals surface area contributed by atoms with Crippen LogP contribution in [0.3, 0.4) is 0 Å². The molecule has 5 N–H and O–H groups in total. The second kappa shape index (κ2) is 27.3. The molecule has 124 valence electrons. The Kier molecular flexibility index (Phi) is 46.2. The number of ether oxygens (including phenoxy) is 1. The van der Waals surface area contributed by atoms with E-state index in [1.54, 1.807) is 0 Å². The molecule has 0 saturated carbocycles. The molecule has 8 nitrogen and oxygen atoms in total. The van der Waals surface area contributed by atoms with Crippen LogP contribution in [0.4, 0.5) is 0 Å². The molecule has 0 atom stereocenters. The van der Waals surface area contributed by atoms with Gasteiger partial charge in [-0.05, 0) is 25.7 Å². The molecule has 0 heterocycles. The van der Waals surface area contributed by atoms with Crippen LogP contribution >= 0.6 is 0 Å². The Balaban J connectivity index is -0.0000000450. The molecule has 0 saturated heterocycles. The normalized spacial score (nSPS) is 7.83. The number of esters is 2. The minimum Gasteiger partial charge on any atom is -1.00 e. The van der Waals surface area contributed by atoms with E-state index in [-0.39, 0.29) is 156 Å². The van der Waals surface area contributed by atoms with Crippen LogP contribution in [-0.2, 0) is 23.9 Å². The van der Waals surface area contributed by atoms with Crippen LogP contribution in [0.15, 0.2) is 0 Å². The fourth-order valence-electron chi connectivity index (χ4n) is 1.32. The minimum absolute atomic E-state index is 0. The number of aliphatic carboxylic acids is 2. The number of unbranched alkanes of at least 4 members (excludes halogenated alkanes) is 2. The Morgan fingerprint density at radius 3 is 1.12 bits per heavy atom. The zero-order chi connectivity index (χ0) is 14.7. The third-order valence-electron chi connectivity index (χ3n) is 2.27. The van der Waals surface area contributed by atoms with Gasteiger partial charge in [0.15, 0.2) is 0 Å². The summed E-state index contributed by atoms with van der Waals surface area (Å²) in [6.07, 6.45) is 1.42. The van der Waals surface area contributed by atoms with Crippen LogP contribution in [0.25, 0.3) is 0 Å². The first-order valence-corrected chi connectivity index (χ1v) is 6.09. The molecule has 0 fully saturated rings. The maximum Gasteiger partial charge on any atom is 1.00 e. The van der Waals surface area contributed by atoms with E-state index in [0.717, 1.165) is 0 Å². The zero-order valence-corrected chi connectivity index (χ0v) is 23.3. The standard InChI is InChI=1S/C12H18O7.H3N.4Na.4H/c13-9(14)5-1-3-7-11(17)19-12(18)8-4-2-6-10(15)16;;;;;;;;;/h1-8H2,(H,13,14)(H,15,16);1H3;;;;;;;;/q;;4*+1;4*-1. The van der Waals surface area contributed by atoms with Gasteiger partial charge in [-0.15, -0.1) is 0 Å². The average Bonchev–Trinajstić information content (AvgIpc) is 2.30. The summed E-state index contributed by atoms with van der Waals surface area (Å²) in [7, 11) is 0. The van der Waals surface area contributed by atoms with Crippen molar-refractivity contribution in [2.75, 3.05) is 0 Å². The molecule has 0 radical (unpaired) electrons. The van der Waals surface area contributed by atoms with Gasteiger partial charge in [0.05, 0.1) is 0 Å². The SMILES string of the molecule is N.O=C(O)CCCCC(=O)OC(=O)CCCCC(=O)O.[H-].[H-].[H-].[H-].[Na+].[Na+].[Na+].[Na+]. The van der Waals surface area contributed by atoms with Gasteiger partial charge in [-0.3, -0.25) is 19.2 Å². The topological polar surface area (TPSA) is 153 Å². The minimum atomic E-state index is -0.928. The summed E-state index contributed by atoms with van der Waals surface area (Å²) in [4.78, 5) is 42.7. The molecule has 0 unspecified atom stereocenters. The van der Waals surface area contributed by atoms with E-state index < -0.39 is 23.9 Å². The molecule has 0 aromatic carbocycles. The molecular formula is C12H25NNa4O7. The van der Waals surface area contributed by atoms with Crippen molar-refractivity contribution in [3.8, 4) is 0 Å². The van der Waals surface area contributed by atoms with Crippen LogP contribution in [0.1, 0.15) is 57.1 Å². The third-order valence-corrected chi connectivity index (χ3v) is 2.27. The Labute approximate surface area is 236 Å². The second-order valence-corrected chi connectivity index (χ2v) is 4.05. The summed E-state index contributed by atoms with van der Waals surface area (Å²) in [6, 6.07) is 0. The molecule has 0 spiro atoms. The smallest absolute Gasteiger partial charge is 1.00 e.